The Morgan fingerprint density at radius 1 is 0.293 bits per heavy atom. The molecule has 0 N–H and O–H groups in total. The zero-order valence-corrected chi connectivity index (χ0v) is 52.0. The van der Waals surface area contributed by atoms with Crippen LogP contribution in [0.5, 0.6) is 0 Å². The van der Waals surface area contributed by atoms with E-state index in [1.165, 1.54) is 87.3 Å². The monoisotopic (exact) mass is 1180 g/mol. The van der Waals surface area contributed by atoms with Crippen LogP contribution in [0.1, 0.15) is 52.7 Å². The molecule has 0 amide bonds. The number of anilines is 6. The summed E-state index contributed by atoms with van der Waals surface area (Å²) in [5.41, 5.74) is 23.5. The van der Waals surface area contributed by atoms with Gasteiger partial charge >= 0.3 is 0 Å². The summed E-state index contributed by atoms with van der Waals surface area (Å²) in [6.07, 6.45) is 0. The van der Waals surface area contributed by atoms with E-state index in [4.69, 9.17) is 8.83 Å². The van der Waals surface area contributed by atoms with Gasteiger partial charge in [0.05, 0.1) is 55.8 Å². The molecule has 0 aliphatic carbocycles. The first-order valence-electron chi connectivity index (χ1n) is 32.1. The number of rotatable bonds is 8. The lowest BCUT2D eigenvalue weighted by molar-refractivity contribution is 0.591. The predicted octanol–water partition coefficient (Wildman–Crippen LogP) is 24.7. The first-order chi connectivity index (χ1) is 44.9. The third-order valence-corrected chi connectivity index (χ3v) is 19.8. The quantitative estimate of drug-likeness (QED) is 0.152. The molecule has 19 rings (SSSR count). The fourth-order valence-electron chi connectivity index (χ4n) is 15.5. The van der Waals surface area contributed by atoms with Crippen LogP contribution < -0.4 is 9.80 Å². The SMILES string of the molecule is CC(C)(C)c1ccc2c(c1)c1c(N(c3ccccc3)c3c(-c4ccccc4)ccc4c3oc3ccccc34)ccc3c4cc5c(cc4n2c31)c1ccc(N(c2ccccc2)c2c(-c3ccccc3)ccc3c2oc2ccccc23)c2c3cc(C(C)(C)C)ccc3n5c12. The maximum atomic E-state index is 7.13. The van der Waals surface area contributed by atoms with Gasteiger partial charge in [0.2, 0.25) is 0 Å². The first-order valence-corrected chi connectivity index (χ1v) is 32.1. The van der Waals surface area contributed by atoms with Crippen LogP contribution in [-0.2, 0) is 10.8 Å². The molecule has 438 valence electrons. The lowest BCUT2D eigenvalue weighted by atomic mass is 9.86. The smallest absolute Gasteiger partial charge is 0.160 e. The van der Waals surface area contributed by atoms with Crippen molar-refractivity contribution in [3.05, 3.63) is 278 Å². The van der Waals surface area contributed by atoms with E-state index in [1.54, 1.807) is 0 Å². The van der Waals surface area contributed by atoms with Gasteiger partial charge in [0.15, 0.2) is 11.2 Å². The Bertz CT molecular complexity index is 5810. The molecule has 0 fully saturated rings. The van der Waals surface area contributed by atoms with Crippen LogP contribution in [0.15, 0.2) is 276 Å². The van der Waals surface area contributed by atoms with Gasteiger partial charge in [-0.25, -0.2) is 0 Å². The van der Waals surface area contributed by atoms with Crippen LogP contribution in [-0.4, -0.2) is 8.80 Å². The molecule has 19 aromatic rings. The summed E-state index contributed by atoms with van der Waals surface area (Å²) < 4.78 is 19.4. The second-order valence-corrected chi connectivity index (χ2v) is 27.2. The van der Waals surface area contributed by atoms with Crippen molar-refractivity contribution in [1.82, 2.24) is 8.80 Å². The van der Waals surface area contributed by atoms with Crippen LogP contribution in [0.4, 0.5) is 34.1 Å². The number of nitrogens with zero attached hydrogens (tertiary/aromatic N) is 4. The minimum atomic E-state index is -0.109. The second kappa shape index (κ2) is 19.1. The van der Waals surface area contributed by atoms with E-state index >= 15 is 0 Å². The fourth-order valence-corrected chi connectivity index (χ4v) is 15.5. The maximum absolute atomic E-state index is 7.13. The van der Waals surface area contributed by atoms with Crippen molar-refractivity contribution in [2.75, 3.05) is 9.80 Å². The molecule has 0 atom stereocenters. The first kappa shape index (κ1) is 52.6. The molecule has 6 nitrogen and oxygen atoms in total. The molecule has 0 spiro atoms. The van der Waals surface area contributed by atoms with Crippen molar-refractivity contribution >= 4 is 154 Å². The van der Waals surface area contributed by atoms with Crippen molar-refractivity contribution in [2.45, 2.75) is 52.4 Å². The van der Waals surface area contributed by atoms with Crippen LogP contribution in [0.3, 0.4) is 0 Å². The summed E-state index contributed by atoms with van der Waals surface area (Å²) >= 11 is 0. The number of benzene rings is 13. The number of aromatic nitrogens is 2. The Kier molecular flexibility index (Phi) is 10.9. The van der Waals surface area contributed by atoms with E-state index in [9.17, 15) is 0 Å². The minimum Gasteiger partial charge on any atom is -0.454 e. The van der Waals surface area contributed by atoms with E-state index in [0.717, 1.165) is 100 Å². The molecule has 0 aliphatic heterocycles. The largest absolute Gasteiger partial charge is 0.454 e. The molecular formula is C86H62N4O2. The van der Waals surface area contributed by atoms with Gasteiger partial charge in [-0.3, -0.25) is 0 Å². The Balaban J connectivity index is 0.929. The standard InChI is InChI=1S/C86H62N4O2/c1-85(2,3)53-35-43-69-67(47-53)77-71(87(55-27-15-9-16-28-55)81-57(51-23-11-7-12-24-51)37-39-63-59-31-19-21-33-75(59)91-83(63)81)45-41-61-65-50-74-66(49-73(65)89(69)79(61)77)62-42-46-72(78-68-48-54(86(4,5)6)36-44-70(68)90(74)80(62)78)88(56-29-17-10-18-30-56)82-58(52-25-13-8-14-26-52)38-40-64-60-32-20-22-34-76(60)92-84(64)82/h7-50H,1-6H3. The summed E-state index contributed by atoms with van der Waals surface area (Å²) in [7, 11) is 0. The van der Waals surface area contributed by atoms with Crippen molar-refractivity contribution in [3.63, 3.8) is 0 Å². The van der Waals surface area contributed by atoms with Gasteiger partial charge in [0.25, 0.3) is 0 Å². The minimum absolute atomic E-state index is 0.109. The van der Waals surface area contributed by atoms with Crippen LogP contribution >= 0.6 is 0 Å². The van der Waals surface area contributed by atoms with E-state index in [2.05, 4.69) is 327 Å². The molecule has 13 aromatic carbocycles. The number of hydrogen-bond donors (Lipinski definition) is 0. The number of furan rings is 2. The zero-order chi connectivity index (χ0) is 61.5. The Labute approximate surface area is 531 Å². The van der Waals surface area contributed by atoms with Crippen LogP contribution in [0.25, 0.3) is 142 Å². The van der Waals surface area contributed by atoms with Crippen molar-refractivity contribution in [1.29, 1.82) is 0 Å². The van der Waals surface area contributed by atoms with Gasteiger partial charge < -0.3 is 27.4 Å². The van der Waals surface area contributed by atoms with Gasteiger partial charge in [-0.1, -0.05) is 211 Å². The Morgan fingerprint density at radius 2 is 0.663 bits per heavy atom. The molecule has 6 heteroatoms. The average molecular weight is 1180 g/mol. The molecule has 0 bridgehead atoms. The molecular weight excluding hydrogens is 1120 g/mol. The lowest BCUT2D eigenvalue weighted by Crippen LogP contribution is -2.12. The maximum Gasteiger partial charge on any atom is 0.160 e. The van der Waals surface area contributed by atoms with Crippen LogP contribution in [0, 0.1) is 0 Å². The van der Waals surface area contributed by atoms with Crippen molar-refractivity contribution in [2.24, 2.45) is 0 Å². The Hall–Kier alpha value is -11.3. The highest BCUT2D eigenvalue weighted by atomic mass is 16.3. The molecule has 6 heterocycles. The summed E-state index contributed by atoms with van der Waals surface area (Å²) in [4.78, 5) is 4.97. The molecule has 0 radical (unpaired) electrons. The van der Waals surface area contributed by atoms with E-state index in [1.807, 2.05) is 0 Å². The fraction of sp³-hybridized carbons (Fsp3) is 0.0930. The highest BCUT2D eigenvalue weighted by molar-refractivity contribution is 6.33. The van der Waals surface area contributed by atoms with Gasteiger partial charge in [-0.05, 0) is 130 Å². The summed E-state index contributed by atoms with van der Waals surface area (Å²) in [5.74, 6) is 0. The topological polar surface area (TPSA) is 41.6 Å². The molecule has 0 saturated carbocycles. The normalized spacial score (nSPS) is 12.7. The Morgan fingerprint density at radius 3 is 1.07 bits per heavy atom. The second-order valence-electron chi connectivity index (χ2n) is 27.2. The van der Waals surface area contributed by atoms with E-state index < -0.39 is 0 Å². The van der Waals surface area contributed by atoms with Crippen molar-refractivity contribution in [3.8, 4) is 22.3 Å². The highest BCUT2D eigenvalue weighted by Gasteiger charge is 2.33. The summed E-state index contributed by atoms with van der Waals surface area (Å²) in [5, 5.41) is 14.0. The van der Waals surface area contributed by atoms with Crippen molar-refractivity contribution < 1.29 is 8.83 Å². The van der Waals surface area contributed by atoms with Gasteiger partial charge in [0.1, 0.15) is 11.2 Å². The molecule has 0 aliphatic rings. The predicted molar refractivity (Wildman–Crippen MR) is 388 cm³/mol. The number of fused-ring (bicyclic) bond motifs is 18. The molecule has 6 aromatic heterocycles. The summed E-state index contributed by atoms with van der Waals surface area (Å²) in [6.45, 7) is 13.9. The molecule has 0 saturated heterocycles. The zero-order valence-electron chi connectivity index (χ0n) is 52.0. The third kappa shape index (κ3) is 7.43. The van der Waals surface area contributed by atoms with Gasteiger partial charge in [-0.2, -0.15) is 0 Å². The third-order valence-electron chi connectivity index (χ3n) is 19.8. The lowest BCUT2D eigenvalue weighted by Gasteiger charge is -2.29. The van der Waals surface area contributed by atoms with Crippen LogP contribution in [0.2, 0.25) is 0 Å². The molecule has 0 unspecified atom stereocenters. The highest BCUT2D eigenvalue weighted by Crippen LogP contribution is 2.56. The van der Waals surface area contributed by atoms with E-state index in [-0.39, 0.29) is 10.8 Å². The number of hydrogen-bond acceptors (Lipinski definition) is 4. The average Bonchev–Trinajstić information content (AvgIpc) is 1.52. The number of para-hydroxylation sites is 4. The van der Waals surface area contributed by atoms with E-state index in [0.29, 0.717) is 0 Å². The molecule has 92 heavy (non-hydrogen) atoms. The van der Waals surface area contributed by atoms with Gasteiger partial charge in [0, 0.05) is 87.1 Å². The summed E-state index contributed by atoms with van der Waals surface area (Å²) in [6, 6.07) is 98.4. The van der Waals surface area contributed by atoms with Gasteiger partial charge in [-0.15, -0.1) is 0 Å².